The van der Waals surface area contributed by atoms with Crippen molar-refractivity contribution >= 4 is 23.2 Å². The first-order chi connectivity index (χ1) is 11.6. The fourth-order valence-corrected chi connectivity index (χ4v) is 2.75. The second-order valence-electron chi connectivity index (χ2n) is 5.89. The van der Waals surface area contributed by atoms with Crippen molar-refractivity contribution in [2.45, 2.75) is 25.9 Å². The molecule has 0 unspecified atom stereocenters. The Morgan fingerprint density at radius 3 is 2.71 bits per heavy atom. The zero-order valence-electron chi connectivity index (χ0n) is 13.5. The molecule has 5 nitrogen and oxygen atoms in total. The first-order valence-electron chi connectivity index (χ1n) is 8.03. The second-order valence-corrected chi connectivity index (χ2v) is 6.32. The van der Waals surface area contributed by atoms with Crippen LogP contribution in [0.4, 0.5) is 5.69 Å². The maximum Gasteiger partial charge on any atom is 0.278 e. The van der Waals surface area contributed by atoms with E-state index in [0.717, 1.165) is 37.2 Å². The van der Waals surface area contributed by atoms with E-state index in [1.54, 1.807) is 6.07 Å². The summed E-state index contributed by atoms with van der Waals surface area (Å²) in [7, 11) is 0. The zero-order chi connectivity index (χ0) is 16.9. The molecule has 1 fully saturated rings. The number of nitrogens with one attached hydrogen (secondary N) is 2. The van der Waals surface area contributed by atoms with Crippen molar-refractivity contribution in [3.05, 3.63) is 52.8 Å². The Labute approximate surface area is 146 Å². The van der Waals surface area contributed by atoms with Gasteiger partial charge in [-0.2, -0.15) is 0 Å². The standard InChI is InChI=1S/C18H20ClN3O2/c1-12-2-4-14(5-3-12)22-18(23)17-16(10-13(19)11-21-17)24-15-6-8-20-9-7-15/h2-5,10-11,15,20H,6-9H2,1H3,(H,22,23). The van der Waals surface area contributed by atoms with Gasteiger partial charge in [0.25, 0.3) is 5.91 Å². The lowest BCUT2D eigenvalue weighted by atomic mass is 10.1. The van der Waals surface area contributed by atoms with E-state index < -0.39 is 0 Å². The summed E-state index contributed by atoms with van der Waals surface area (Å²) in [5, 5.41) is 6.58. The van der Waals surface area contributed by atoms with Crippen LogP contribution < -0.4 is 15.4 Å². The molecule has 0 bridgehead atoms. The Morgan fingerprint density at radius 2 is 2.00 bits per heavy atom. The van der Waals surface area contributed by atoms with E-state index >= 15 is 0 Å². The van der Waals surface area contributed by atoms with Gasteiger partial charge >= 0.3 is 0 Å². The van der Waals surface area contributed by atoms with Crippen molar-refractivity contribution in [2.24, 2.45) is 0 Å². The lowest BCUT2D eigenvalue weighted by molar-refractivity contribution is 0.101. The maximum absolute atomic E-state index is 12.6. The first kappa shape index (κ1) is 16.7. The fraction of sp³-hybridized carbons (Fsp3) is 0.333. The summed E-state index contributed by atoms with van der Waals surface area (Å²) in [6.45, 7) is 3.81. The van der Waals surface area contributed by atoms with E-state index in [2.05, 4.69) is 15.6 Å². The lowest BCUT2D eigenvalue weighted by Crippen LogP contribution is -2.34. The highest BCUT2D eigenvalue weighted by molar-refractivity contribution is 6.30. The van der Waals surface area contributed by atoms with E-state index in [1.165, 1.54) is 6.20 Å². The average Bonchev–Trinajstić information content (AvgIpc) is 2.58. The summed E-state index contributed by atoms with van der Waals surface area (Å²) in [5.41, 5.74) is 2.10. The summed E-state index contributed by atoms with van der Waals surface area (Å²) >= 11 is 6.03. The molecule has 1 saturated heterocycles. The average molecular weight is 346 g/mol. The molecule has 0 radical (unpaired) electrons. The maximum atomic E-state index is 12.6. The van der Waals surface area contributed by atoms with Gasteiger partial charge in [-0.25, -0.2) is 4.98 Å². The summed E-state index contributed by atoms with van der Waals surface area (Å²) < 4.78 is 6.00. The van der Waals surface area contributed by atoms with Crippen molar-refractivity contribution < 1.29 is 9.53 Å². The molecule has 2 N–H and O–H groups in total. The van der Waals surface area contributed by atoms with Gasteiger partial charge in [0.15, 0.2) is 11.4 Å². The molecule has 3 rings (SSSR count). The number of aryl methyl sites for hydroxylation is 1. The molecule has 0 saturated carbocycles. The first-order valence-corrected chi connectivity index (χ1v) is 8.40. The van der Waals surface area contributed by atoms with Gasteiger partial charge in [0, 0.05) is 18.0 Å². The van der Waals surface area contributed by atoms with E-state index in [9.17, 15) is 4.79 Å². The molecule has 24 heavy (non-hydrogen) atoms. The van der Waals surface area contributed by atoms with Crippen LogP contribution in [0.3, 0.4) is 0 Å². The van der Waals surface area contributed by atoms with Gasteiger partial charge in [-0.3, -0.25) is 4.79 Å². The van der Waals surface area contributed by atoms with Gasteiger partial charge in [-0.15, -0.1) is 0 Å². The highest BCUT2D eigenvalue weighted by atomic mass is 35.5. The minimum Gasteiger partial charge on any atom is -0.488 e. The van der Waals surface area contributed by atoms with E-state index in [-0.39, 0.29) is 17.7 Å². The van der Waals surface area contributed by atoms with Crippen molar-refractivity contribution in [1.29, 1.82) is 0 Å². The highest BCUT2D eigenvalue weighted by Gasteiger charge is 2.20. The summed E-state index contributed by atoms with van der Waals surface area (Å²) in [4.78, 5) is 16.7. The Bertz CT molecular complexity index is 713. The number of piperidine rings is 1. The number of hydrogen-bond acceptors (Lipinski definition) is 4. The predicted octanol–water partition coefficient (Wildman–Crippen LogP) is 3.43. The molecule has 6 heteroatoms. The van der Waals surface area contributed by atoms with Crippen LogP contribution in [0.2, 0.25) is 5.02 Å². The monoisotopic (exact) mass is 345 g/mol. The van der Waals surface area contributed by atoms with Gasteiger partial charge in [0.2, 0.25) is 0 Å². The van der Waals surface area contributed by atoms with Gasteiger partial charge in [-0.05, 0) is 45.0 Å². The normalized spacial score (nSPS) is 15.1. The molecule has 126 valence electrons. The number of carbonyl (C=O) groups is 1. The van der Waals surface area contributed by atoms with Gasteiger partial charge in [-0.1, -0.05) is 29.3 Å². The summed E-state index contributed by atoms with van der Waals surface area (Å²) in [6.07, 6.45) is 3.32. The molecule has 0 atom stereocenters. The van der Waals surface area contributed by atoms with Crippen LogP contribution in [0.15, 0.2) is 36.5 Å². The lowest BCUT2D eigenvalue weighted by Gasteiger charge is -2.24. The smallest absolute Gasteiger partial charge is 0.278 e. The van der Waals surface area contributed by atoms with E-state index in [0.29, 0.717) is 10.8 Å². The van der Waals surface area contributed by atoms with Crippen molar-refractivity contribution in [1.82, 2.24) is 10.3 Å². The van der Waals surface area contributed by atoms with Crippen molar-refractivity contribution in [2.75, 3.05) is 18.4 Å². The highest BCUT2D eigenvalue weighted by Crippen LogP contribution is 2.25. The topological polar surface area (TPSA) is 63.2 Å². The number of benzene rings is 1. The second kappa shape index (κ2) is 7.64. The third-order valence-electron chi connectivity index (χ3n) is 3.92. The van der Waals surface area contributed by atoms with Crippen LogP contribution in [0, 0.1) is 6.92 Å². The molecule has 1 aromatic heterocycles. The van der Waals surface area contributed by atoms with E-state index in [1.807, 2.05) is 31.2 Å². The van der Waals surface area contributed by atoms with Crippen LogP contribution in [-0.4, -0.2) is 30.1 Å². The number of hydrogen-bond donors (Lipinski definition) is 2. The minimum atomic E-state index is -0.306. The quantitative estimate of drug-likeness (QED) is 0.891. The third kappa shape index (κ3) is 4.24. The zero-order valence-corrected chi connectivity index (χ0v) is 14.3. The summed E-state index contributed by atoms with van der Waals surface area (Å²) in [6, 6.07) is 9.25. The largest absolute Gasteiger partial charge is 0.488 e. The molecule has 1 aliphatic rings. The number of anilines is 1. The summed E-state index contributed by atoms with van der Waals surface area (Å²) in [5.74, 6) is 0.124. The molecule has 0 aliphatic carbocycles. The van der Waals surface area contributed by atoms with Crippen molar-refractivity contribution in [3.8, 4) is 5.75 Å². The molecule has 2 aromatic rings. The van der Waals surface area contributed by atoms with Gasteiger partial charge in [0.1, 0.15) is 6.10 Å². The van der Waals surface area contributed by atoms with Gasteiger partial charge < -0.3 is 15.4 Å². The number of pyridine rings is 1. The number of rotatable bonds is 4. The Kier molecular flexibility index (Phi) is 5.33. The minimum absolute atomic E-state index is 0.0671. The molecular formula is C18H20ClN3O2. The molecule has 1 aliphatic heterocycles. The Balaban J connectivity index is 1.78. The van der Waals surface area contributed by atoms with E-state index in [4.69, 9.17) is 16.3 Å². The predicted molar refractivity (Wildman–Crippen MR) is 94.9 cm³/mol. The molecule has 0 spiro atoms. The number of aromatic nitrogens is 1. The SMILES string of the molecule is Cc1ccc(NC(=O)c2ncc(Cl)cc2OC2CCNCC2)cc1. The molecule has 2 heterocycles. The number of halogens is 1. The number of amides is 1. The Hall–Kier alpha value is -2.11. The van der Waals surface area contributed by atoms with Crippen LogP contribution in [0.5, 0.6) is 5.75 Å². The van der Waals surface area contributed by atoms with Crippen LogP contribution in [0.1, 0.15) is 28.9 Å². The third-order valence-corrected chi connectivity index (χ3v) is 4.13. The van der Waals surface area contributed by atoms with Crippen molar-refractivity contribution in [3.63, 3.8) is 0 Å². The number of ether oxygens (including phenoxy) is 1. The molecule has 1 amide bonds. The van der Waals surface area contributed by atoms with Crippen LogP contribution in [-0.2, 0) is 0 Å². The number of carbonyl (C=O) groups excluding carboxylic acids is 1. The van der Waals surface area contributed by atoms with Gasteiger partial charge in [0.05, 0.1) is 5.02 Å². The number of nitrogens with zero attached hydrogens (tertiary/aromatic N) is 1. The van der Waals surface area contributed by atoms with Crippen LogP contribution in [0.25, 0.3) is 0 Å². The molecular weight excluding hydrogens is 326 g/mol. The van der Waals surface area contributed by atoms with Crippen LogP contribution >= 0.6 is 11.6 Å². The fourth-order valence-electron chi connectivity index (χ4n) is 2.60. The Morgan fingerprint density at radius 1 is 1.29 bits per heavy atom. The molecule has 1 aromatic carbocycles.